The summed E-state index contributed by atoms with van der Waals surface area (Å²) in [5.41, 5.74) is 0.843. The van der Waals surface area contributed by atoms with Gasteiger partial charge in [0.25, 0.3) is 0 Å². The van der Waals surface area contributed by atoms with Crippen molar-refractivity contribution in [3.05, 3.63) is 48.2 Å². The van der Waals surface area contributed by atoms with E-state index in [0.29, 0.717) is 30.5 Å². The fraction of sp³-hybridized carbons (Fsp3) is 0.429. The fourth-order valence-corrected chi connectivity index (χ4v) is 3.21. The summed E-state index contributed by atoms with van der Waals surface area (Å²) in [6.07, 6.45) is 5.52. The van der Waals surface area contributed by atoms with Crippen LogP contribution in [0.5, 0.6) is 17.4 Å². The van der Waals surface area contributed by atoms with Crippen molar-refractivity contribution in [3.8, 4) is 17.4 Å². The van der Waals surface area contributed by atoms with Gasteiger partial charge in [0.15, 0.2) is 0 Å². The summed E-state index contributed by atoms with van der Waals surface area (Å²) in [5.74, 6) is 2.58. The minimum Gasteiger partial charge on any atom is -0.497 e. The van der Waals surface area contributed by atoms with Crippen molar-refractivity contribution in [1.29, 1.82) is 0 Å². The lowest BCUT2D eigenvalue weighted by atomic mass is 9.93. The molecule has 2 N–H and O–H groups in total. The second-order valence-electron chi connectivity index (χ2n) is 6.76. The molecule has 0 bridgehead atoms. The van der Waals surface area contributed by atoms with E-state index in [9.17, 15) is 4.79 Å². The van der Waals surface area contributed by atoms with Crippen LogP contribution in [0.3, 0.4) is 0 Å². The molecule has 1 aliphatic heterocycles. The van der Waals surface area contributed by atoms with Crippen LogP contribution in [0.1, 0.15) is 31.2 Å². The summed E-state index contributed by atoms with van der Waals surface area (Å²) in [5, 5.41) is 6.34. The number of ether oxygens (including phenoxy) is 2. The standard InChI is InChI=1S/C21H27N3O3.2ClH/c1-26-18-5-2-6-19(14-18)27-21-17(4-3-11-23-21)15-24-20(25)8-7-16-9-12-22-13-10-16;;/h2-6,11,14,16,22H,7-10,12-13,15H2,1H3,(H,24,25);2*1H. The molecule has 1 fully saturated rings. The lowest BCUT2D eigenvalue weighted by Crippen LogP contribution is -2.29. The number of amides is 1. The van der Waals surface area contributed by atoms with Crippen LogP contribution in [-0.4, -0.2) is 31.1 Å². The number of pyridine rings is 1. The minimum atomic E-state index is 0. The Bertz CT molecular complexity index is 755. The van der Waals surface area contributed by atoms with Crippen LogP contribution in [0.15, 0.2) is 42.6 Å². The maximum absolute atomic E-state index is 12.2. The third-order valence-corrected chi connectivity index (χ3v) is 4.82. The summed E-state index contributed by atoms with van der Waals surface area (Å²) in [7, 11) is 1.62. The molecule has 1 saturated heterocycles. The normalized spacial score (nSPS) is 13.6. The van der Waals surface area contributed by atoms with E-state index < -0.39 is 0 Å². The minimum absolute atomic E-state index is 0. The highest BCUT2D eigenvalue weighted by atomic mass is 35.5. The first-order valence-electron chi connectivity index (χ1n) is 9.48. The number of carbonyl (C=O) groups is 1. The van der Waals surface area contributed by atoms with Crippen molar-refractivity contribution < 1.29 is 14.3 Å². The number of nitrogens with one attached hydrogen (secondary N) is 2. The first-order valence-corrected chi connectivity index (χ1v) is 9.48. The van der Waals surface area contributed by atoms with Crippen LogP contribution in [0, 0.1) is 5.92 Å². The van der Waals surface area contributed by atoms with Crippen LogP contribution in [0.4, 0.5) is 0 Å². The highest BCUT2D eigenvalue weighted by molar-refractivity contribution is 5.85. The number of carbonyl (C=O) groups excluding carboxylic acids is 1. The number of nitrogens with zero attached hydrogens (tertiary/aromatic N) is 1. The Balaban J connectivity index is 0.00000210. The molecule has 0 aliphatic carbocycles. The van der Waals surface area contributed by atoms with E-state index in [0.717, 1.165) is 43.7 Å². The number of methoxy groups -OCH3 is 1. The average Bonchev–Trinajstić information content (AvgIpc) is 2.72. The molecule has 6 nitrogen and oxygen atoms in total. The fourth-order valence-electron chi connectivity index (χ4n) is 3.21. The van der Waals surface area contributed by atoms with Crippen molar-refractivity contribution in [2.75, 3.05) is 20.2 Å². The SMILES string of the molecule is COc1cccc(Oc2ncccc2CNC(=O)CCC2CCNCC2)c1.Cl.Cl. The zero-order chi connectivity index (χ0) is 18.9. The van der Waals surface area contributed by atoms with E-state index in [1.54, 1.807) is 19.4 Å². The maximum Gasteiger partial charge on any atom is 0.224 e. The Labute approximate surface area is 184 Å². The van der Waals surface area contributed by atoms with Gasteiger partial charge in [-0.05, 0) is 56.5 Å². The van der Waals surface area contributed by atoms with Gasteiger partial charge in [-0.25, -0.2) is 4.98 Å². The van der Waals surface area contributed by atoms with Crippen molar-refractivity contribution in [3.63, 3.8) is 0 Å². The average molecular weight is 442 g/mol. The van der Waals surface area contributed by atoms with Crippen molar-refractivity contribution >= 4 is 30.7 Å². The Kier molecular flexibility index (Phi) is 11.4. The predicted octanol–water partition coefficient (Wildman–Crippen LogP) is 4.12. The lowest BCUT2D eigenvalue weighted by molar-refractivity contribution is -0.121. The molecule has 2 aromatic rings. The van der Waals surface area contributed by atoms with Gasteiger partial charge in [-0.1, -0.05) is 12.1 Å². The number of benzene rings is 1. The number of rotatable bonds is 8. The zero-order valence-electron chi connectivity index (χ0n) is 16.6. The van der Waals surface area contributed by atoms with E-state index in [4.69, 9.17) is 9.47 Å². The van der Waals surface area contributed by atoms with E-state index in [2.05, 4.69) is 15.6 Å². The molecule has 1 amide bonds. The third kappa shape index (κ3) is 8.09. The molecule has 0 radical (unpaired) electrons. The highest BCUT2D eigenvalue weighted by Crippen LogP contribution is 2.26. The molecule has 8 heteroatoms. The number of hydrogen-bond acceptors (Lipinski definition) is 5. The molecule has 1 aromatic heterocycles. The molecule has 1 aromatic carbocycles. The van der Waals surface area contributed by atoms with E-state index in [1.807, 2.05) is 30.3 Å². The van der Waals surface area contributed by atoms with Crippen LogP contribution in [0.25, 0.3) is 0 Å². The van der Waals surface area contributed by atoms with Gasteiger partial charge in [0.05, 0.1) is 7.11 Å². The number of hydrogen-bond donors (Lipinski definition) is 2. The Morgan fingerprint density at radius 1 is 1.17 bits per heavy atom. The van der Waals surface area contributed by atoms with Gasteiger partial charge in [-0.3, -0.25) is 4.79 Å². The molecule has 1 aliphatic rings. The van der Waals surface area contributed by atoms with Crippen molar-refractivity contribution in [2.24, 2.45) is 5.92 Å². The van der Waals surface area contributed by atoms with Gasteiger partial charge in [0.1, 0.15) is 11.5 Å². The lowest BCUT2D eigenvalue weighted by Gasteiger charge is -2.22. The topological polar surface area (TPSA) is 72.5 Å². The molecule has 160 valence electrons. The number of aromatic nitrogens is 1. The molecule has 0 spiro atoms. The second-order valence-corrected chi connectivity index (χ2v) is 6.76. The Morgan fingerprint density at radius 2 is 1.93 bits per heavy atom. The first kappa shape index (κ1) is 25.0. The zero-order valence-corrected chi connectivity index (χ0v) is 18.2. The molecule has 0 unspecified atom stereocenters. The summed E-state index contributed by atoms with van der Waals surface area (Å²) in [6, 6.07) is 11.1. The molecule has 3 rings (SSSR count). The Morgan fingerprint density at radius 3 is 2.69 bits per heavy atom. The molecular weight excluding hydrogens is 413 g/mol. The van der Waals surface area contributed by atoms with Gasteiger partial charge in [0, 0.05) is 30.8 Å². The van der Waals surface area contributed by atoms with E-state index in [1.165, 1.54) is 0 Å². The largest absolute Gasteiger partial charge is 0.497 e. The molecule has 2 heterocycles. The van der Waals surface area contributed by atoms with Crippen LogP contribution in [-0.2, 0) is 11.3 Å². The third-order valence-electron chi connectivity index (χ3n) is 4.82. The smallest absolute Gasteiger partial charge is 0.224 e. The molecule has 0 atom stereocenters. The van der Waals surface area contributed by atoms with Gasteiger partial charge >= 0.3 is 0 Å². The van der Waals surface area contributed by atoms with Crippen LogP contribution < -0.4 is 20.1 Å². The van der Waals surface area contributed by atoms with Gasteiger partial charge < -0.3 is 20.1 Å². The van der Waals surface area contributed by atoms with Gasteiger partial charge in [-0.15, -0.1) is 24.8 Å². The Hall–Kier alpha value is -2.02. The second kappa shape index (κ2) is 13.2. The number of piperidine rings is 1. The molecule has 29 heavy (non-hydrogen) atoms. The quantitative estimate of drug-likeness (QED) is 0.644. The van der Waals surface area contributed by atoms with Crippen molar-refractivity contribution in [1.82, 2.24) is 15.6 Å². The summed E-state index contributed by atoms with van der Waals surface area (Å²) in [6.45, 7) is 2.53. The number of halogens is 2. The summed E-state index contributed by atoms with van der Waals surface area (Å²) in [4.78, 5) is 16.5. The van der Waals surface area contributed by atoms with Crippen LogP contribution >= 0.6 is 24.8 Å². The van der Waals surface area contributed by atoms with E-state index in [-0.39, 0.29) is 30.7 Å². The van der Waals surface area contributed by atoms with E-state index >= 15 is 0 Å². The highest BCUT2D eigenvalue weighted by Gasteiger charge is 2.15. The predicted molar refractivity (Wildman–Crippen MR) is 118 cm³/mol. The molecule has 0 saturated carbocycles. The van der Waals surface area contributed by atoms with Crippen molar-refractivity contribution in [2.45, 2.75) is 32.2 Å². The monoisotopic (exact) mass is 441 g/mol. The summed E-state index contributed by atoms with van der Waals surface area (Å²) < 4.78 is 11.1. The van der Waals surface area contributed by atoms with Crippen LogP contribution in [0.2, 0.25) is 0 Å². The van der Waals surface area contributed by atoms with Gasteiger partial charge in [-0.2, -0.15) is 0 Å². The first-order chi connectivity index (χ1) is 13.2. The maximum atomic E-state index is 12.2. The summed E-state index contributed by atoms with van der Waals surface area (Å²) >= 11 is 0. The van der Waals surface area contributed by atoms with Gasteiger partial charge in [0.2, 0.25) is 11.8 Å². The molecular formula is C21H29Cl2N3O3.